The zero-order chi connectivity index (χ0) is 31.2. The van der Waals surface area contributed by atoms with Gasteiger partial charge in [-0.15, -0.1) is 0 Å². The quantitative estimate of drug-likeness (QED) is 0.188. The standard InChI is InChI=1S/C41H26N4O/c1-41(2)32-11-5-7-13-36(32)44(37-14-8-6-12-33(37)41)27-18-21-39-31(24-27)28-10-9-15-38(40(28)46-39)45-34-19-16-25(42-3)22-29(34)30-23-26(43-4)17-20-35(30)45/h5-24H,1-2H3. The van der Waals surface area contributed by atoms with Gasteiger partial charge in [0.2, 0.25) is 0 Å². The van der Waals surface area contributed by atoms with E-state index in [1.165, 1.54) is 22.5 Å². The molecule has 0 bridgehead atoms. The summed E-state index contributed by atoms with van der Waals surface area (Å²) in [4.78, 5) is 9.71. The van der Waals surface area contributed by atoms with E-state index >= 15 is 0 Å². The summed E-state index contributed by atoms with van der Waals surface area (Å²) in [5.74, 6) is 0. The molecule has 0 amide bonds. The maximum absolute atomic E-state index is 7.59. The molecule has 0 saturated carbocycles. The first-order valence-corrected chi connectivity index (χ1v) is 15.3. The average molecular weight is 591 g/mol. The van der Waals surface area contributed by atoms with Crippen LogP contribution < -0.4 is 4.90 Å². The van der Waals surface area contributed by atoms with Crippen LogP contribution in [0.5, 0.6) is 0 Å². The first-order valence-electron chi connectivity index (χ1n) is 15.3. The lowest BCUT2D eigenvalue weighted by Crippen LogP contribution is -2.30. The first-order chi connectivity index (χ1) is 22.5. The zero-order valence-corrected chi connectivity index (χ0v) is 25.2. The minimum Gasteiger partial charge on any atom is -0.454 e. The van der Waals surface area contributed by atoms with Gasteiger partial charge in [-0.25, -0.2) is 9.69 Å². The summed E-state index contributed by atoms with van der Waals surface area (Å²) in [6, 6.07) is 41.6. The van der Waals surface area contributed by atoms with Gasteiger partial charge in [0.05, 0.1) is 41.2 Å². The molecule has 0 atom stereocenters. The van der Waals surface area contributed by atoms with Crippen molar-refractivity contribution in [1.29, 1.82) is 0 Å². The van der Waals surface area contributed by atoms with E-state index in [2.05, 4.69) is 118 Å². The molecule has 1 aliphatic heterocycles. The van der Waals surface area contributed by atoms with Crippen LogP contribution in [0.4, 0.5) is 28.4 Å². The highest BCUT2D eigenvalue weighted by Gasteiger charge is 2.36. The molecule has 216 valence electrons. The summed E-state index contributed by atoms with van der Waals surface area (Å²) < 4.78 is 8.86. The topological polar surface area (TPSA) is 30.0 Å². The van der Waals surface area contributed by atoms with Gasteiger partial charge in [0.1, 0.15) is 5.58 Å². The van der Waals surface area contributed by atoms with E-state index in [0.717, 1.165) is 55.1 Å². The van der Waals surface area contributed by atoms with Gasteiger partial charge in [-0.3, -0.25) is 0 Å². The van der Waals surface area contributed by atoms with E-state index in [4.69, 9.17) is 17.6 Å². The molecule has 0 radical (unpaired) electrons. The molecule has 0 saturated heterocycles. The van der Waals surface area contributed by atoms with Crippen LogP contribution in [0.15, 0.2) is 126 Å². The van der Waals surface area contributed by atoms with E-state index in [1.54, 1.807) is 0 Å². The second-order valence-electron chi connectivity index (χ2n) is 12.4. The number of rotatable bonds is 2. The van der Waals surface area contributed by atoms with Gasteiger partial charge in [0.15, 0.2) is 17.0 Å². The molecule has 6 aromatic carbocycles. The molecule has 0 fully saturated rings. The van der Waals surface area contributed by atoms with Gasteiger partial charge >= 0.3 is 0 Å². The van der Waals surface area contributed by atoms with Crippen LogP contribution in [0.1, 0.15) is 25.0 Å². The number of fused-ring (bicyclic) bond motifs is 8. The molecule has 2 aromatic heterocycles. The highest BCUT2D eigenvalue weighted by molar-refractivity contribution is 6.14. The number of para-hydroxylation sites is 3. The molecule has 0 spiro atoms. The third-order valence-corrected chi connectivity index (χ3v) is 9.59. The van der Waals surface area contributed by atoms with Crippen molar-refractivity contribution in [2.75, 3.05) is 4.90 Å². The summed E-state index contributed by atoms with van der Waals surface area (Å²) in [6.07, 6.45) is 0. The zero-order valence-electron chi connectivity index (χ0n) is 25.2. The Morgan fingerprint density at radius 3 is 1.76 bits per heavy atom. The normalized spacial score (nSPS) is 13.5. The molecule has 0 N–H and O–H groups in total. The molecule has 5 heteroatoms. The Morgan fingerprint density at radius 1 is 0.565 bits per heavy atom. The summed E-state index contributed by atoms with van der Waals surface area (Å²) >= 11 is 0. The van der Waals surface area contributed by atoms with Crippen LogP contribution in [0.2, 0.25) is 0 Å². The number of aromatic nitrogens is 1. The maximum Gasteiger partial charge on any atom is 0.188 e. The van der Waals surface area contributed by atoms with Crippen molar-refractivity contribution in [3.05, 3.63) is 155 Å². The third kappa shape index (κ3) is 3.49. The Kier molecular flexibility index (Phi) is 5.31. The molecule has 3 heterocycles. The molecule has 46 heavy (non-hydrogen) atoms. The second-order valence-corrected chi connectivity index (χ2v) is 12.4. The highest BCUT2D eigenvalue weighted by atomic mass is 16.3. The Labute approximate surface area is 265 Å². The maximum atomic E-state index is 7.59. The van der Waals surface area contributed by atoms with E-state index in [-0.39, 0.29) is 5.41 Å². The van der Waals surface area contributed by atoms with Crippen LogP contribution in [-0.4, -0.2) is 4.57 Å². The van der Waals surface area contributed by atoms with Gasteiger partial charge in [0.25, 0.3) is 0 Å². The van der Waals surface area contributed by atoms with Gasteiger partial charge in [-0.05, 0) is 82.6 Å². The number of hydrogen-bond donors (Lipinski definition) is 0. The van der Waals surface area contributed by atoms with Crippen molar-refractivity contribution < 1.29 is 4.42 Å². The fourth-order valence-electron chi connectivity index (χ4n) is 7.43. The Bertz CT molecular complexity index is 2540. The highest BCUT2D eigenvalue weighted by Crippen LogP contribution is 2.52. The summed E-state index contributed by atoms with van der Waals surface area (Å²) in [5, 5.41) is 3.95. The minimum absolute atomic E-state index is 0.127. The minimum atomic E-state index is -0.127. The van der Waals surface area contributed by atoms with E-state index < -0.39 is 0 Å². The van der Waals surface area contributed by atoms with Crippen LogP contribution >= 0.6 is 0 Å². The van der Waals surface area contributed by atoms with Gasteiger partial charge in [-0.1, -0.05) is 74.5 Å². The summed E-state index contributed by atoms with van der Waals surface area (Å²) in [6.45, 7) is 19.8. The number of anilines is 3. The number of nitrogens with zero attached hydrogens (tertiary/aromatic N) is 4. The lowest BCUT2D eigenvalue weighted by molar-refractivity contribution is 0.632. The smallest absolute Gasteiger partial charge is 0.188 e. The molecular formula is C41H26N4O. The van der Waals surface area contributed by atoms with Crippen LogP contribution in [0, 0.1) is 13.1 Å². The number of hydrogen-bond acceptors (Lipinski definition) is 2. The van der Waals surface area contributed by atoms with Gasteiger partial charge in [0, 0.05) is 21.9 Å². The van der Waals surface area contributed by atoms with Crippen molar-refractivity contribution in [1.82, 2.24) is 4.57 Å². The Morgan fingerprint density at radius 2 is 1.15 bits per heavy atom. The van der Waals surface area contributed by atoms with Crippen LogP contribution in [0.25, 0.3) is 59.1 Å². The fourth-order valence-corrected chi connectivity index (χ4v) is 7.43. The van der Waals surface area contributed by atoms with Gasteiger partial charge in [-0.2, -0.15) is 0 Å². The van der Waals surface area contributed by atoms with Gasteiger partial charge < -0.3 is 13.9 Å². The predicted molar refractivity (Wildman–Crippen MR) is 187 cm³/mol. The van der Waals surface area contributed by atoms with Crippen molar-refractivity contribution in [3.63, 3.8) is 0 Å². The van der Waals surface area contributed by atoms with Crippen molar-refractivity contribution in [2.24, 2.45) is 0 Å². The lowest BCUT2D eigenvalue weighted by atomic mass is 9.73. The average Bonchev–Trinajstić information content (AvgIpc) is 3.63. The fraction of sp³-hybridized carbons (Fsp3) is 0.0732. The molecule has 8 aromatic rings. The largest absolute Gasteiger partial charge is 0.454 e. The van der Waals surface area contributed by atoms with Crippen molar-refractivity contribution in [3.8, 4) is 5.69 Å². The summed E-state index contributed by atoms with van der Waals surface area (Å²) in [5.41, 5.74) is 11.5. The molecule has 0 unspecified atom stereocenters. The predicted octanol–water partition coefficient (Wildman–Crippen LogP) is 11.9. The Balaban J connectivity index is 1.29. The second kappa shape index (κ2) is 9.35. The summed E-state index contributed by atoms with van der Waals surface area (Å²) in [7, 11) is 0. The van der Waals surface area contributed by atoms with E-state index in [9.17, 15) is 0 Å². The molecule has 5 nitrogen and oxygen atoms in total. The third-order valence-electron chi connectivity index (χ3n) is 9.59. The van der Waals surface area contributed by atoms with Crippen molar-refractivity contribution in [2.45, 2.75) is 19.3 Å². The number of benzene rings is 6. The Hall–Kier alpha value is -6.30. The van der Waals surface area contributed by atoms with Crippen LogP contribution in [0.3, 0.4) is 0 Å². The lowest BCUT2D eigenvalue weighted by Gasteiger charge is -2.42. The van der Waals surface area contributed by atoms with E-state index in [0.29, 0.717) is 11.4 Å². The molecular weight excluding hydrogens is 564 g/mol. The molecule has 0 aliphatic carbocycles. The molecule has 9 rings (SSSR count). The SMILES string of the molecule is [C-]#[N+]c1ccc2c(c1)c1cc([N+]#[C-])ccc1n2-c1cccc2c1oc1ccc(N3c4ccccc4C(C)(C)c4ccccc43)cc12. The van der Waals surface area contributed by atoms with Crippen LogP contribution in [-0.2, 0) is 5.41 Å². The first kappa shape index (κ1) is 26.1. The monoisotopic (exact) mass is 590 g/mol. The van der Waals surface area contributed by atoms with E-state index in [1.807, 2.05) is 36.4 Å². The number of furan rings is 1. The molecule has 1 aliphatic rings. The van der Waals surface area contributed by atoms with Crippen molar-refractivity contribution >= 4 is 72.2 Å².